The number of carbonyl (C=O) groups is 1. The summed E-state index contributed by atoms with van der Waals surface area (Å²) in [4.78, 5) is 17.9. The van der Waals surface area contributed by atoms with E-state index in [-0.39, 0.29) is 5.91 Å². The first-order chi connectivity index (χ1) is 11.7. The minimum absolute atomic E-state index is 0.0244. The number of fused-ring (bicyclic) bond motifs is 1. The first-order valence-corrected chi connectivity index (χ1v) is 9.49. The van der Waals surface area contributed by atoms with Crippen LogP contribution in [0, 0.1) is 18.8 Å². The molecule has 0 N–H and O–H groups in total. The van der Waals surface area contributed by atoms with Crippen molar-refractivity contribution < 1.29 is 14.3 Å². The quantitative estimate of drug-likeness (QED) is 0.796. The van der Waals surface area contributed by atoms with Gasteiger partial charge in [-0.25, -0.2) is 0 Å². The number of ether oxygens (including phenoxy) is 2. The highest BCUT2D eigenvalue weighted by atomic mass is 32.1. The Labute approximate surface area is 146 Å². The van der Waals surface area contributed by atoms with Gasteiger partial charge in [-0.3, -0.25) is 9.69 Å². The van der Waals surface area contributed by atoms with Gasteiger partial charge in [0.2, 0.25) is 0 Å². The van der Waals surface area contributed by atoms with Gasteiger partial charge in [-0.1, -0.05) is 4.49 Å². The molecule has 0 saturated carbocycles. The molecular formula is C16H24N4O3S. The van der Waals surface area contributed by atoms with Crippen molar-refractivity contribution in [2.45, 2.75) is 19.4 Å². The van der Waals surface area contributed by atoms with E-state index in [4.69, 9.17) is 9.47 Å². The van der Waals surface area contributed by atoms with Crippen molar-refractivity contribution in [2.24, 2.45) is 11.8 Å². The molecule has 3 fully saturated rings. The first-order valence-electron chi connectivity index (χ1n) is 8.72. The molecule has 0 aromatic carbocycles. The van der Waals surface area contributed by atoms with E-state index in [1.807, 2.05) is 11.8 Å². The summed E-state index contributed by atoms with van der Waals surface area (Å²) in [5.41, 5.74) is 0.516. The fraction of sp³-hybridized carbons (Fsp3) is 0.812. The lowest BCUT2D eigenvalue weighted by Gasteiger charge is -2.37. The van der Waals surface area contributed by atoms with Gasteiger partial charge in [-0.05, 0) is 30.8 Å². The van der Waals surface area contributed by atoms with Crippen LogP contribution >= 0.6 is 11.5 Å². The minimum Gasteiger partial charge on any atom is -0.379 e. The summed E-state index contributed by atoms with van der Waals surface area (Å²) in [6.45, 7) is 8.87. The normalized spacial score (nSPS) is 31.2. The predicted molar refractivity (Wildman–Crippen MR) is 89.1 cm³/mol. The predicted octanol–water partition coefficient (Wildman–Crippen LogP) is 0.656. The number of rotatable bonds is 3. The van der Waals surface area contributed by atoms with Crippen LogP contribution in [0.25, 0.3) is 0 Å². The highest BCUT2D eigenvalue weighted by Crippen LogP contribution is 2.35. The van der Waals surface area contributed by atoms with Crippen molar-refractivity contribution in [1.29, 1.82) is 0 Å². The Morgan fingerprint density at radius 3 is 2.92 bits per heavy atom. The maximum Gasteiger partial charge on any atom is 0.275 e. The van der Waals surface area contributed by atoms with Crippen molar-refractivity contribution in [3.63, 3.8) is 0 Å². The average Bonchev–Trinajstić information content (AvgIpc) is 3.21. The van der Waals surface area contributed by atoms with Crippen molar-refractivity contribution in [3.8, 4) is 0 Å². The zero-order chi connectivity index (χ0) is 16.5. The van der Waals surface area contributed by atoms with E-state index in [0.717, 1.165) is 63.8 Å². The summed E-state index contributed by atoms with van der Waals surface area (Å²) in [5, 5.41) is 4.00. The Hall–Kier alpha value is -1.09. The number of aromatic nitrogens is 2. The molecule has 1 amide bonds. The van der Waals surface area contributed by atoms with Gasteiger partial charge < -0.3 is 14.4 Å². The number of amides is 1. The van der Waals surface area contributed by atoms with Crippen LogP contribution in [0.15, 0.2) is 0 Å². The molecule has 0 bridgehead atoms. The topological polar surface area (TPSA) is 67.8 Å². The van der Waals surface area contributed by atoms with E-state index in [1.54, 1.807) is 0 Å². The molecule has 0 spiro atoms. The van der Waals surface area contributed by atoms with E-state index < -0.39 is 0 Å². The summed E-state index contributed by atoms with van der Waals surface area (Å²) in [5.74, 6) is 1.03. The molecule has 0 radical (unpaired) electrons. The van der Waals surface area contributed by atoms with E-state index in [2.05, 4.69) is 14.5 Å². The van der Waals surface area contributed by atoms with Crippen LogP contribution < -0.4 is 0 Å². The fourth-order valence-corrected chi connectivity index (χ4v) is 4.54. The molecule has 4 heterocycles. The second-order valence-electron chi connectivity index (χ2n) is 6.93. The zero-order valence-corrected chi connectivity index (χ0v) is 14.8. The van der Waals surface area contributed by atoms with Crippen LogP contribution in [-0.2, 0) is 9.47 Å². The zero-order valence-electron chi connectivity index (χ0n) is 14.0. The Morgan fingerprint density at radius 2 is 2.17 bits per heavy atom. The molecule has 3 atom stereocenters. The molecule has 3 saturated heterocycles. The number of hydrogen-bond donors (Lipinski definition) is 0. The van der Waals surface area contributed by atoms with Gasteiger partial charge in [0.05, 0.1) is 30.8 Å². The van der Waals surface area contributed by atoms with Gasteiger partial charge in [-0.2, -0.15) is 0 Å². The van der Waals surface area contributed by atoms with Crippen LogP contribution in [0.5, 0.6) is 0 Å². The number of nitrogens with zero attached hydrogens (tertiary/aromatic N) is 4. The molecule has 8 heteroatoms. The van der Waals surface area contributed by atoms with Crippen molar-refractivity contribution >= 4 is 17.4 Å². The number of carbonyl (C=O) groups excluding carboxylic acids is 1. The Morgan fingerprint density at radius 1 is 1.33 bits per heavy atom. The summed E-state index contributed by atoms with van der Waals surface area (Å²) in [6.07, 6.45) is 1.31. The number of morpholine rings is 1. The number of piperidine rings is 1. The molecule has 3 aliphatic rings. The maximum absolute atomic E-state index is 12.6. The van der Waals surface area contributed by atoms with E-state index in [1.165, 1.54) is 11.5 Å². The Balaban J connectivity index is 1.35. The second-order valence-corrected chi connectivity index (χ2v) is 7.88. The summed E-state index contributed by atoms with van der Waals surface area (Å²) >= 11 is 1.29. The van der Waals surface area contributed by atoms with Crippen molar-refractivity contribution in [2.75, 3.05) is 52.5 Å². The Kier molecular flexibility index (Phi) is 4.80. The van der Waals surface area contributed by atoms with E-state index in [0.29, 0.717) is 23.6 Å². The summed E-state index contributed by atoms with van der Waals surface area (Å²) in [7, 11) is 0. The van der Waals surface area contributed by atoms with Gasteiger partial charge in [0, 0.05) is 38.6 Å². The van der Waals surface area contributed by atoms with Gasteiger partial charge in [0.15, 0.2) is 5.69 Å². The molecule has 132 valence electrons. The maximum atomic E-state index is 12.6. The van der Waals surface area contributed by atoms with Crippen LogP contribution in [-0.4, -0.2) is 83.9 Å². The highest BCUT2D eigenvalue weighted by molar-refractivity contribution is 7.05. The minimum atomic E-state index is 0.0244. The highest BCUT2D eigenvalue weighted by Gasteiger charge is 2.42. The third-order valence-electron chi connectivity index (χ3n) is 5.48. The van der Waals surface area contributed by atoms with Gasteiger partial charge in [0.25, 0.3) is 5.91 Å². The number of hydrogen-bond acceptors (Lipinski definition) is 7. The first kappa shape index (κ1) is 16.4. The lowest BCUT2D eigenvalue weighted by atomic mass is 9.84. The third kappa shape index (κ3) is 3.20. The van der Waals surface area contributed by atoms with Gasteiger partial charge in [0.1, 0.15) is 0 Å². The lowest BCUT2D eigenvalue weighted by Crippen LogP contribution is -2.47. The molecule has 7 nitrogen and oxygen atoms in total. The summed E-state index contributed by atoms with van der Waals surface area (Å²) < 4.78 is 15.4. The molecule has 0 unspecified atom stereocenters. The lowest BCUT2D eigenvalue weighted by molar-refractivity contribution is -0.00252. The average molecular weight is 352 g/mol. The second kappa shape index (κ2) is 7.03. The fourth-order valence-electron chi connectivity index (χ4n) is 4.08. The van der Waals surface area contributed by atoms with Gasteiger partial charge in [-0.15, -0.1) is 5.10 Å². The van der Waals surface area contributed by atoms with Crippen LogP contribution in [0.3, 0.4) is 0 Å². The van der Waals surface area contributed by atoms with E-state index in [9.17, 15) is 4.79 Å². The van der Waals surface area contributed by atoms with Crippen molar-refractivity contribution in [3.05, 3.63) is 10.6 Å². The largest absolute Gasteiger partial charge is 0.379 e. The molecule has 1 aromatic heterocycles. The molecule has 3 aliphatic heterocycles. The molecular weight excluding hydrogens is 328 g/mol. The number of aryl methyl sites for hydroxylation is 1. The van der Waals surface area contributed by atoms with Crippen molar-refractivity contribution in [1.82, 2.24) is 19.4 Å². The molecule has 1 aromatic rings. The van der Waals surface area contributed by atoms with Crippen LogP contribution in [0.1, 0.15) is 21.8 Å². The standard InChI is InChI=1S/C16H24N4O3S/c1-11-15(17-18-24-11)16(21)20-3-2-13-12(8-20)10-23-14(13)9-19-4-6-22-7-5-19/h12-14H,2-10H2,1H3/t12-,13-,14+/m1/s1. The summed E-state index contributed by atoms with van der Waals surface area (Å²) in [6, 6.07) is 0. The Bertz CT molecular complexity index is 590. The molecule has 0 aliphatic carbocycles. The SMILES string of the molecule is Cc1snnc1C(=O)N1CC[C@@H]2[C@@H](CO[C@H]2CN2CCOCC2)C1. The van der Waals surface area contributed by atoms with Crippen LogP contribution in [0.2, 0.25) is 0 Å². The van der Waals surface area contributed by atoms with Gasteiger partial charge >= 0.3 is 0 Å². The molecule has 4 rings (SSSR count). The van der Waals surface area contributed by atoms with Crippen LogP contribution in [0.4, 0.5) is 0 Å². The number of likely N-dealkylation sites (tertiary alicyclic amines) is 1. The third-order valence-corrected chi connectivity index (χ3v) is 6.11. The monoisotopic (exact) mass is 352 g/mol. The smallest absolute Gasteiger partial charge is 0.275 e. The van der Waals surface area contributed by atoms with E-state index >= 15 is 0 Å². The molecule has 24 heavy (non-hydrogen) atoms.